The van der Waals surface area contributed by atoms with Crippen molar-refractivity contribution >= 4 is 0 Å². The Kier molecular flexibility index (Phi) is 2.91. The van der Waals surface area contributed by atoms with E-state index in [2.05, 4.69) is 41.0 Å². The van der Waals surface area contributed by atoms with E-state index in [0.717, 1.165) is 5.56 Å². The van der Waals surface area contributed by atoms with E-state index in [1.807, 2.05) is 6.07 Å². The molecule has 1 nitrogen and oxygen atoms in total. The van der Waals surface area contributed by atoms with Crippen LogP contribution in [0.5, 0.6) is 0 Å². The summed E-state index contributed by atoms with van der Waals surface area (Å²) in [5, 5.41) is 0. The van der Waals surface area contributed by atoms with E-state index in [1.165, 1.54) is 45.2 Å². The first kappa shape index (κ1) is 10.9. The Morgan fingerprint density at radius 2 is 1.65 bits per heavy atom. The maximum atomic E-state index is 3.53. The molecule has 0 amide bonds. The Balaban J connectivity index is 1.74. The minimum Gasteiger partial charge on any atom is -0.287 e. The molecular formula is C16H19N. The summed E-state index contributed by atoms with van der Waals surface area (Å²) in [5.74, 6) is 6.89. The van der Waals surface area contributed by atoms with E-state index in [-0.39, 0.29) is 5.54 Å². The van der Waals surface area contributed by atoms with Crippen LogP contribution in [0, 0.1) is 11.8 Å². The summed E-state index contributed by atoms with van der Waals surface area (Å²) in [6.07, 6.45) is 6.65. The predicted octanol–water partition coefficient (Wildman–Crippen LogP) is 3.06. The second kappa shape index (κ2) is 4.55. The molecule has 0 radical (unpaired) electrons. The average molecular weight is 225 g/mol. The van der Waals surface area contributed by atoms with Crippen LogP contribution < -0.4 is 0 Å². The number of hydrogen-bond acceptors (Lipinski definition) is 1. The Bertz CT molecular complexity index is 428. The molecule has 0 spiro atoms. The minimum absolute atomic E-state index is 0.246. The summed E-state index contributed by atoms with van der Waals surface area (Å²) in [4.78, 5) is 2.62. The van der Waals surface area contributed by atoms with E-state index in [9.17, 15) is 0 Å². The molecule has 0 aromatic heterocycles. The number of nitrogens with zero attached hydrogens (tertiary/aromatic N) is 1. The van der Waals surface area contributed by atoms with Crippen molar-refractivity contribution in [3.63, 3.8) is 0 Å². The van der Waals surface area contributed by atoms with Crippen molar-refractivity contribution in [1.82, 2.24) is 4.90 Å². The number of benzene rings is 1. The smallest absolute Gasteiger partial charge is 0.0831 e. The van der Waals surface area contributed by atoms with Crippen LogP contribution in [0.1, 0.15) is 37.7 Å². The van der Waals surface area contributed by atoms with Gasteiger partial charge in [0.1, 0.15) is 0 Å². The lowest BCUT2D eigenvalue weighted by Gasteiger charge is -2.31. The number of rotatable bonds is 1. The van der Waals surface area contributed by atoms with Crippen LogP contribution >= 0.6 is 0 Å². The van der Waals surface area contributed by atoms with Crippen molar-refractivity contribution in [1.29, 1.82) is 0 Å². The fourth-order valence-electron chi connectivity index (χ4n) is 2.67. The second-order valence-corrected chi connectivity index (χ2v) is 5.20. The van der Waals surface area contributed by atoms with Gasteiger partial charge in [0.25, 0.3) is 0 Å². The summed E-state index contributed by atoms with van der Waals surface area (Å²) in [6, 6.07) is 10.4. The van der Waals surface area contributed by atoms with E-state index >= 15 is 0 Å². The van der Waals surface area contributed by atoms with Gasteiger partial charge in [-0.25, -0.2) is 0 Å². The quantitative estimate of drug-likeness (QED) is 0.664. The predicted molar refractivity (Wildman–Crippen MR) is 70.7 cm³/mol. The zero-order chi connectivity index (χ0) is 11.6. The maximum Gasteiger partial charge on any atom is 0.0831 e. The maximum absolute atomic E-state index is 3.53. The summed E-state index contributed by atoms with van der Waals surface area (Å²) in [5.41, 5.74) is 1.40. The molecule has 88 valence electrons. The molecule has 1 aliphatic carbocycles. The number of likely N-dealkylation sites (tertiary alicyclic amines) is 1. The van der Waals surface area contributed by atoms with Crippen molar-refractivity contribution in [3.8, 4) is 11.8 Å². The Morgan fingerprint density at radius 3 is 2.29 bits per heavy atom. The molecular weight excluding hydrogens is 206 g/mol. The highest BCUT2D eigenvalue weighted by atomic mass is 15.2. The molecule has 1 aromatic rings. The van der Waals surface area contributed by atoms with Crippen molar-refractivity contribution in [2.24, 2.45) is 0 Å². The second-order valence-electron chi connectivity index (χ2n) is 5.20. The van der Waals surface area contributed by atoms with E-state index in [1.54, 1.807) is 0 Å². The first-order chi connectivity index (χ1) is 8.39. The molecule has 1 heteroatoms. The number of hydrogen-bond donors (Lipinski definition) is 0. The lowest BCUT2D eigenvalue weighted by Crippen LogP contribution is -2.40. The van der Waals surface area contributed by atoms with Gasteiger partial charge >= 0.3 is 0 Å². The van der Waals surface area contributed by atoms with Crippen LogP contribution in [0.3, 0.4) is 0 Å². The fraction of sp³-hybridized carbons (Fsp3) is 0.500. The Morgan fingerprint density at radius 1 is 0.941 bits per heavy atom. The standard InChI is InChI=1S/C16H19N/c1-3-7-15(8-4-1)9-10-16(11-12-16)17-13-5-2-6-14-17/h1,3-4,7-8H,2,5-6,11-14H2. The molecule has 0 bridgehead atoms. The van der Waals surface area contributed by atoms with Crippen molar-refractivity contribution in [2.45, 2.75) is 37.6 Å². The third-order valence-corrected chi connectivity index (χ3v) is 3.90. The van der Waals surface area contributed by atoms with Gasteiger partial charge in [-0.2, -0.15) is 0 Å². The molecule has 1 saturated carbocycles. The number of piperidine rings is 1. The summed E-state index contributed by atoms with van der Waals surface area (Å²) in [7, 11) is 0. The normalized spacial score (nSPS) is 22.6. The zero-order valence-electron chi connectivity index (χ0n) is 10.3. The Labute approximate surface area is 104 Å². The summed E-state index contributed by atoms with van der Waals surface area (Å²) in [6.45, 7) is 2.51. The molecule has 0 N–H and O–H groups in total. The molecule has 0 atom stereocenters. The molecule has 1 saturated heterocycles. The SMILES string of the molecule is C(#CC1(N2CCCCC2)CC1)c1ccccc1. The third kappa shape index (κ3) is 2.37. The molecule has 2 aliphatic rings. The highest BCUT2D eigenvalue weighted by Crippen LogP contribution is 2.42. The average Bonchev–Trinajstić information content (AvgIpc) is 3.20. The van der Waals surface area contributed by atoms with Gasteiger partial charge in [-0.3, -0.25) is 4.90 Å². The van der Waals surface area contributed by atoms with Crippen molar-refractivity contribution in [2.75, 3.05) is 13.1 Å². The zero-order valence-corrected chi connectivity index (χ0v) is 10.3. The highest BCUT2D eigenvalue weighted by Gasteiger charge is 2.46. The molecule has 0 unspecified atom stereocenters. The van der Waals surface area contributed by atoms with E-state index in [4.69, 9.17) is 0 Å². The van der Waals surface area contributed by atoms with Crippen molar-refractivity contribution in [3.05, 3.63) is 35.9 Å². The van der Waals surface area contributed by atoms with Crippen LogP contribution in [0.15, 0.2) is 30.3 Å². The van der Waals surface area contributed by atoms with Gasteiger partial charge in [0.15, 0.2) is 0 Å². The third-order valence-electron chi connectivity index (χ3n) is 3.90. The first-order valence-corrected chi connectivity index (χ1v) is 6.72. The van der Waals surface area contributed by atoms with Crippen LogP contribution in [0.25, 0.3) is 0 Å². The minimum atomic E-state index is 0.246. The Hall–Kier alpha value is -1.26. The highest BCUT2D eigenvalue weighted by molar-refractivity contribution is 5.39. The van der Waals surface area contributed by atoms with Crippen LogP contribution in [0.4, 0.5) is 0 Å². The van der Waals surface area contributed by atoms with Crippen LogP contribution in [-0.2, 0) is 0 Å². The van der Waals surface area contributed by atoms with Gasteiger partial charge in [0, 0.05) is 5.56 Å². The van der Waals surface area contributed by atoms with Gasteiger partial charge in [-0.05, 0) is 50.9 Å². The molecule has 3 rings (SSSR count). The van der Waals surface area contributed by atoms with Crippen molar-refractivity contribution < 1.29 is 0 Å². The lowest BCUT2D eigenvalue weighted by molar-refractivity contribution is 0.182. The molecule has 1 heterocycles. The summed E-state index contributed by atoms with van der Waals surface area (Å²) < 4.78 is 0. The summed E-state index contributed by atoms with van der Waals surface area (Å²) >= 11 is 0. The topological polar surface area (TPSA) is 3.24 Å². The molecule has 17 heavy (non-hydrogen) atoms. The molecule has 1 aromatic carbocycles. The van der Waals surface area contributed by atoms with E-state index < -0.39 is 0 Å². The molecule has 2 fully saturated rings. The first-order valence-electron chi connectivity index (χ1n) is 6.72. The monoisotopic (exact) mass is 225 g/mol. The fourth-order valence-corrected chi connectivity index (χ4v) is 2.67. The van der Waals surface area contributed by atoms with Gasteiger partial charge in [0.2, 0.25) is 0 Å². The van der Waals surface area contributed by atoms with Crippen LogP contribution in [0.2, 0.25) is 0 Å². The van der Waals surface area contributed by atoms with Crippen LogP contribution in [-0.4, -0.2) is 23.5 Å². The van der Waals surface area contributed by atoms with Gasteiger partial charge in [-0.15, -0.1) is 0 Å². The molecule has 1 aliphatic heterocycles. The van der Waals surface area contributed by atoms with E-state index in [0.29, 0.717) is 0 Å². The van der Waals surface area contributed by atoms with Gasteiger partial charge < -0.3 is 0 Å². The van der Waals surface area contributed by atoms with Gasteiger partial charge in [-0.1, -0.05) is 36.5 Å². The largest absolute Gasteiger partial charge is 0.287 e. The lowest BCUT2D eigenvalue weighted by atomic mass is 10.1. The van der Waals surface area contributed by atoms with Gasteiger partial charge in [0.05, 0.1) is 5.54 Å².